The number of nitrogens with zero attached hydrogens (tertiary/aromatic N) is 2. The standard InChI is InChI=1S/C16H13BrN4O2/c17-12-5-1-3-10(7-12)9-23-13-6-2-4-11(8-13)14-15(16(18)22)20-21-19-14/h1-8H,9H2,(H2,18,22)(H,19,20,21). The SMILES string of the molecule is NC(=O)c1n[nH]nc1-c1cccc(OCc2cccc(Br)c2)c1. The Bertz CT molecular complexity index is 847. The van der Waals surface area contributed by atoms with Gasteiger partial charge in [0, 0.05) is 10.0 Å². The molecule has 0 spiro atoms. The zero-order valence-electron chi connectivity index (χ0n) is 12.0. The minimum absolute atomic E-state index is 0.106. The van der Waals surface area contributed by atoms with E-state index in [0.717, 1.165) is 10.0 Å². The van der Waals surface area contributed by atoms with Gasteiger partial charge < -0.3 is 10.5 Å². The van der Waals surface area contributed by atoms with Gasteiger partial charge in [-0.05, 0) is 29.8 Å². The summed E-state index contributed by atoms with van der Waals surface area (Å²) in [5, 5.41) is 10.2. The van der Waals surface area contributed by atoms with Crippen molar-refractivity contribution in [3.05, 3.63) is 64.3 Å². The smallest absolute Gasteiger partial charge is 0.271 e. The van der Waals surface area contributed by atoms with Crippen LogP contribution in [0, 0.1) is 0 Å². The van der Waals surface area contributed by atoms with E-state index in [9.17, 15) is 4.79 Å². The van der Waals surface area contributed by atoms with Gasteiger partial charge in [-0.15, -0.1) is 0 Å². The number of halogens is 1. The largest absolute Gasteiger partial charge is 0.489 e. The Balaban J connectivity index is 1.80. The number of nitrogens with two attached hydrogens (primary N) is 1. The summed E-state index contributed by atoms with van der Waals surface area (Å²) in [6.07, 6.45) is 0. The second kappa shape index (κ2) is 6.62. The number of carbonyl (C=O) groups excluding carboxylic acids is 1. The minimum Gasteiger partial charge on any atom is -0.489 e. The molecule has 0 unspecified atom stereocenters. The minimum atomic E-state index is -0.630. The van der Waals surface area contributed by atoms with Crippen LogP contribution in [0.5, 0.6) is 5.75 Å². The van der Waals surface area contributed by atoms with E-state index in [1.807, 2.05) is 42.5 Å². The predicted octanol–water partition coefficient (Wildman–Crippen LogP) is 2.91. The first-order chi connectivity index (χ1) is 11.1. The fraction of sp³-hybridized carbons (Fsp3) is 0.0625. The zero-order chi connectivity index (χ0) is 16.2. The molecule has 3 rings (SSSR count). The summed E-state index contributed by atoms with van der Waals surface area (Å²) in [4.78, 5) is 11.3. The van der Waals surface area contributed by atoms with Crippen molar-refractivity contribution in [2.45, 2.75) is 6.61 Å². The van der Waals surface area contributed by atoms with Gasteiger partial charge in [-0.1, -0.05) is 40.2 Å². The van der Waals surface area contributed by atoms with Crippen molar-refractivity contribution in [1.82, 2.24) is 15.4 Å². The van der Waals surface area contributed by atoms with E-state index in [0.29, 0.717) is 23.6 Å². The van der Waals surface area contributed by atoms with E-state index in [1.165, 1.54) is 0 Å². The molecule has 1 heterocycles. The van der Waals surface area contributed by atoms with Crippen molar-refractivity contribution in [2.24, 2.45) is 5.73 Å². The Kier molecular flexibility index (Phi) is 4.38. The molecule has 7 heteroatoms. The second-order valence-corrected chi connectivity index (χ2v) is 5.75. The van der Waals surface area contributed by atoms with Crippen LogP contribution in [0.15, 0.2) is 53.0 Å². The number of H-pyrrole nitrogens is 1. The summed E-state index contributed by atoms with van der Waals surface area (Å²) >= 11 is 3.43. The molecule has 2 aromatic carbocycles. The molecule has 0 radical (unpaired) electrons. The number of hydrogen-bond donors (Lipinski definition) is 2. The molecule has 0 aliphatic heterocycles. The van der Waals surface area contributed by atoms with Crippen LogP contribution in [0.3, 0.4) is 0 Å². The van der Waals surface area contributed by atoms with Crippen molar-refractivity contribution in [1.29, 1.82) is 0 Å². The molecule has 6 nitrogen and oxygen atoms in total. The third-order valence-corrected chi connectivity index (χ3v) is 3.68. The van der Waals surface area contributed by atoms with Gasteiger partial charge in [0.2, 0.25) is 0 Å². The highest BCUT2D eigenvalue weighted by Gasteiger charge is 2.15. The van der Waals surface area contributed by atoms with E-state index in [4.69, 9.17) is 10.5 Å². The van der Waals surface area contributed by atoms with Gasteiger partial charge in [0.25, 0.3) is 5.91 Å². The Labute approximate surface area is 140 Å². The molecule has 0 saturated heterocycles. The third-order valence-electron chi connectivity index (χ3n) is 3.18. The number of aromatic nitrogens is 3. The summed E-state index contributed by atoms with van der Waals surface area (Å²) in [6, 6.07) is 15.2. The van der Waals surface area contributed by atoms with Gasteiger partial charge in [0.1, 0.15) is 18.1 Å². The highest BCUT2D eigenvalue weighted by molar-refractivity contribution is 9.10. The predicted molar refractivity (Wildman–Crippen MR) is 88.8 cm³/mol. The third kappa shape index (κ3) is 3.57. The molecule has 0 fully saturated rings. The number of aromatic amines is 1. The van der Waals surface area contributed by atoms with Crippen molar-refractivity contribution in [2.75, 3.05) is 0 Å². The van der Waals surface area contributed by atoms with Gasteiger partial charge in [-0.2, -0.15) is 15.4 Å². The van der Waals surface area contributed by atoms with Crippen molar-refractivity contribution >= 4 is 21.8 Å². The number of primary amides is 1. The summed E-state index contributed by atoms with van der Waals surface area (Å²) in [5.74, 6) is 0.0371. The molecule has 0 aliphatic carbocycles. The molecular formula is C16H13BrN4O2. The van der Waals surface area contributed by atoms with Crippen molar-refractivity contribution < 1.29 is 9.53 Å². The molecule has 0 saturated carbocycles. The molecule has 1 aromatic heterocycles. The maximum absolute atomic E-state index is 11.3. The number of rotatable bonds is 5. The first-order valence-corrected chi connectivity index (χ1v) is 7.61. The van der Waals surface area contributed by atoms with Crippen LogP contribution in [-0.4, -0.2) is 21.3 Å². The first-order valence-electron chi connectivity index (χ1n) is 6.82. The molecule has 3 N–H and O–H groups in total. The summed E-state index contributed by atoms with van der Waals surface area (Å²) in [6.45, 7) is 0.435. The lowest BCUT2D eigenvalue weighted by molar-refractivity contribution is 0.0996. The Morgan fingerprint density at radius 2 is 2.00 bits per heavy atom. The molecular weight excluding hydrogens is 360 g/mol. The lowest BCUT2D eigenvalue weighted by atomic mass is 10.1. The first kappa shape index (κ1) is 15.2. The van der Waals surface area contributed by atoms with E-state index in [-0.39, 0.29) is 5.69 Å². The number of benzene rings is 2. The van der Waals surface area contributed by atoms with E-state index in [2.05, 4.69) is 31.3 Å². The zero-order valence-corrected chi connectivity index (χ0v) is 13.6. The Hall–Kier alpha value is -2.67. The summed E-state index contributed by atoms with van der Waals surface area (Å²) in [5.41, 5.74) is 7.55. The van der Waals surface area contributed by atoms with Gasteiger partial charge in [0.05, 0.1) is 0 Å². The highest BCUT2D eigenvalue weighted by atomic mass is 79.9. The number of amides is 1. The molecule has 0 bridgehead atoms. The Morgan fingerprint density at radius 3 is 2.78 bits per heavy atom. The van der Waals surface area contributed by atoms with Gasteiger partial charge in [-0.3, -0.25) is 4.79 Å². The van der Waals surface area contributed by atoms with Crippen molar-refractivity contribution in [3.63, 3.8) is 0 Å². The van der Waals surface area contributed by atoms with E-state index in [1.54, 1.807) is 6.07 Å². The topological polar surface area (TPSA) is 93.9 Å². The maximum Gasteiger partial charge on any atom is 0.271 e. The van der Waals surface area contributed by atoms with Crippen LogP contribution in [0.4, 0.5) is 0 Å². The lowest BCUT2D eigenvalue weighted by Gasteiger charge is -2.08. The van der Waals surface area contributed by atoms with Crippen LogP contribution in [0.1, 0.15) is 16.1 Å². The number of carbonyl (C=O) groups is 1. The monoisotopic (exact) mass is 372 g/mol. The normalized spacial score (nSPS) is 10.5. The van der Waals surface area contributed by atoms with Gasteiger partial charge in [-0.25, -0.2) is 0 Å². The molecule has 23 heavy (non-hydrogen) atoms. The summed E-state index contributed by atoms with van der Waals surface area (Å²) in [7, 11) is 0. The van der Waals surface area contributed by atoms with Crippen LogP contribution in [0.25, 0.3) is 11.3 Å². The molecule has 116 valence electrons. The van der Waals surface area contributed by atoms with Gasteiger partial charge >= 0.3 is 0 Å². The maximum atomic E-state index is 11.3. The quantitative estimate of drug-likeness (QED) is 0.719. The molecule has 0 aliphatic rings. The molecule has 1 amide bonds. The summed E-state index contributed by atoms with van der Waals surface area (Å²) < 4.78 is 6.79. The second-order valence-electron chi connectivity index (χ2n) is 4.83. The molecule has 3 aromatic rings. The van der Waals surface area contributed by atoms with Crippen LogP contribution in [-0.2, 0) is 6.61 Å². The average Bonchev–Trinajstić information content (AvgIpc) is 3.03. The average molecular weight is 373 g/mol. The highest BCUT2D eigenvalue weighted by Crippen LogP contribution is 2.24. The lowest BCUT2D eigenvalue weighted by Crippen LogP contribution is -2.12. The van der Waals surface area contributed by atoms with E-state index < -0.39 is 5.91 Å². The van der Waals surface area contributed by atoms with Gasteiger partial charge in [0.15, 0.2) is 5.69 Å². The number of hydrogen-bond acceptors (Lipinski definition) is 4. The van der Waals surface area contributed by atoms with Crippen LogP contribution < -0.4 is 10.5 Å². The fourth-order valence-corrected chi connectivity index (χ4v) is 2.58. The number of ether oxygens (including phenoxy) is 1. The molecule has 0 atom stereocenters. The number of nitrogens with one attached hydrogen (secondary N) is 1. The fourth-order valence-electron chi connectivity index (χ4n) is 2.13. The van der Waals surface area contributed by atoms with Crippen molar-refractivity contribution in [3.8, 4) is 17.0 Å². The Morgan fingerprint density at radius 1 is 1.17 bits per heavy atom. The van der Waals surface area contributed by atoms with Crippen LogP contribution in [0.2, 0.25) is 0 Å². The van der Waals surface area contributed by atoms with E-state index >= 15 is 0 Å². The van der Waals surface area contributed by atoms with Crippen LogP contribution >= 0.6 is 15.9 Å².